The van der Waals surface area contributed by atoms with Crippen LogP contribution in [0.3, 0.4) is 0 Å². The molecule has 2 aromatic carbocycles. The molecule has 1 aliphatic heterocycles. The molecule has 1 fully saturated rings. The van der Waals surface area contributed by atoms with Gasteiger partial charge in [0.2, 0.25) is 15.9 Å². The van der Waals surface area contributed by atoms with Gasteiger partial charge in [0.1, 0.15) is 5.69 Å². The number of piperidine rings is 1. The lowest BCUT2D eigenvalue weighted by Crippen LogP contribution is -2.45. The second kappa shape index (κ2) is 10.8. The lowest BCUT2D eigenvalue weighted by atomic mass is 9.98. The number of aryl methyl sites for hydroxylation is 3. The van der Waals surface area contributed by atoms with E-state index < -0.39 is 15.9 Å². The molecule has 0 saturated carbocycles. The lowest BCUT2D eigenvalue weighted by molar-refractivity contribution is -0.135. The van der Waals surface area contributed by atoms with E-state index in [0.29, 0.717) is 31.6 Å². The first-order valence-corrected chi connectivity index (χ1v) is 13.6. The zero-order valence-corrected chi connectivity index (χ0v) is 22.1. The predicted octanol–water partition coefficient (Wildman–Crippen LogP) is 4.83. The molecule has 1 aliphatic rings. The maximum Gasteiger partial charge on any atom is 0.248 e. The Morgan fingerprint density at radius 3 is 2.64 bits per heavy atom. The molecule has 0 bridgehead atoms. The van der Waals surface area contributed by atoms with Crippen LogP contribution in [0.25, 0.3) is 12.2 Å². The molecule has 0 radical (unpaired) electrons. The Morgan fingerprint density at radius 2 is 1.89 bits per heavy atom. The molecule has 0 spiro atoms. The van der Waals surface area contributed by atoms with Gasteiger partial charge in [-0.05, 0) is 56.4 Å². The van der Waals surface area contributed by atoms with Gasteiger partial charge in [0.15, 0.2) is 10.7 Å². The Kier molecular flexibility index (Phi) is 7.76. The molecule has 4 rings (SSSR count). The molecule has 2 heterocycles. The smallest absolute Gasteiger partial charge is 0.248 e. The molecule has 1 amide bonds. The van der Waals surface area contributed by atoms with Crippen molar-refractivity contribution in [3.8, 4) is 0 Å². The summed E-state index contributed by atoms with van der Waals surface area (Å²) in [6.07, 6.45) is 4.79. The van der Waals surface area contributed by atoms with Crippen molar-refractivity contribution in [1.29, 1.82) is 0 Å². The minimum absolute atomic E-state index is 0.0455. The first-order chi connectivity index (χ1) is 17.2. The minimum Gasteiger partial charge on any atom is -0.355 e. The van der Waals surface area contributed by atoms with Gasteiger partial charge in [0, 0.05) is 26.7 Å². The Labute approximate surface area is 213 Å². The number of rotatable bonds is 7. The Hall–Kier alpha value is -3.23. The van der Waals surface area contributed by atoms with Crippen LogP contribution in [0.1, 0.15) is 46.5 Å². The van der Waals surface area contributed by atoms with Crippen molar-refractivity contribution in [3.63, 3.8) is 0 Å². The summed E-state index contributed by atoms with van der Waals surface area (Å²) in [6, 6.07) is 15.9. The number of carbonyl (C=O) groups excluding carboxylic acids is 1. The number of hydrogen-bond acceptors (Lipinski definition) is 5. The van der Waals surface area contributed by atoms with Gasteiger partial charge in [-0.2, -0.15) is 4.31 Å². The highest BCUT2D eigenvalue weighted by molar-refractivity contribution is 7.89. The van der Waals surface area contributed by atoms with Crippen molar-refractivity contribution < 1.29 is 17.7 Å². The fraction of sp³-hybridized carbons (Fsp3) is 0.357. The predicted molar refractivity (Wildman–Crippen MR) is 140 cm³/mol. The number of benzene rings is 2. The largest absolute Gasteiger partial charge is 0.355 e. The van der Waals surface area contributed by atoms with Crippen LogP contribution < -0.4 is 0 Å². The second-order valence-electron chi connectivity index (χ2n) is 9.54. The highest BCUT2D eigenvalue weighted by Crippen LogP contribution is 2.30. The van der Waals surface area contributed by atoms with Crippen LogP contribution in [0.5, 0.6) is 0 Å². The van der Waals surface area contributed by atoms with E-state index in [2.05, 4.69) is 5.16 Å². The van der Waals surface area contributed by atoms with Gasteiger partial charge in [-0.1, -0.05) is 65.3 Å². The van der Waals surface area contributed by atoms with Crippen LogP contribution in [0.15, 0.2) is 57.9 Å². The number of aromatic nitrogens is 1. The molecule has 7 nitrogen and oxygen atoms in total. The third-order valence-electron chi connectivity index (χ3n) is 6.65. The summed E-state index contributed by atoms with van der Waals surface area (Å²) in [5, 5.41) is 3.95. The third-order valence-corrected chi connectivity index (χ3v) is 8.68. The van der Waals surface area contributed by atoms with E-state index in [1.54, 1.807) is 24.9 Å². The maximum atomic E-state index is 13.7. The number of carbonyl (C=O) groups is 1. The normalized spacial score (nSPS) is 16.9. The van der Waals surface area contributed by atoms with Gasteiger partial charge >= 0.3 is 0 Å². The third kappa shape index (κ3) is 5.60. The van der Waals surface area contributed by atoms with E-state index in [1.165, 1.54) is 4.31 Å². The topological polar surface area (TPSA) is 83.7 Å². The highest BCUT2D eigenvalue weighted by atomic mass is 32.2. The quantitative estimate of drug-likeness (QED) is 0.457. The van der Waals surface area contributed by atoms with E-state index in [0.717, 1.165) is 22.3 Å². The number of hydrogen-bond donors (Lipinski definition) is 0. The van der Waals surface area contributed by atoms with Gasteiger partial charge < -0.3 is 9.42 Å². The summed E-state index contributed by atoms with van der Waals surface area (Å²) in [7, 11) is -2.13. The van der Waals surface area contributed by atoms with Crippen molar-refractivity contribution in [3.05, 3.63) is 82.2 Å². The average Bonchev–Trinajstić information content (AvgIpc) is 3.25. The molecule has 3 aromatic rings. The summed E-state index contributed by atoms with van der Waals surface area (Å²) < 4.78 is 34.3. The molecule has 1 unspecified atom stereocenters. The standard InChI is InChI=1S/C28H33N3O4S/c1-20-12-13-21(2)24(17-20)14-15-26-27(22(3)29-35-26)36(33,34)31-16-8-11-25(19-31)28(32)30(4)18-23-9-6-5-7-10-23/h5-7,9-10,12-15,17,25H,8,11,16,18-19H2,1-4H3/b15-14+. The zero-order valence-electron chi connectivity index (χ0n) is 21.3. The van der Waals surface area contributed by atoms with E-state index in [1.807, 2.05) is 68.5 Å². The van der Waals surface area contributed by atoms with E-state index in [-0.39, 0.29) is 23.1 Å². The number of sulfonamides is 1. The molecular weight excluding hydrogens is 474 g/mol. The van der Waals surface area contributed by atoms with E-state index in [4.69, 9.17) is 4.52 Å². The van der Waals surface area contributed by atoms with Crippen LogP contribution in [0.2, 0.25) is 0 Å². The van der Waals surface area contributed by atoms with Crippen molar-refractivity contribution in [1.82, 2.24) is 14.4 Å². The zero-order chi connectivity index (χ0) is 25.9. The minimum atomic E-state index is -3.90. The summed E-state index contributed by atoms with van der Waals surface area (Å²) in [5.74, 6) is -0.241. The summed E-state index contributed by atoms with van der Waals surface area (Å²) in [6.45, 7) is 6.63. The SMILES string of the molecule is Cc1ccc(C)c(/C=C/c2onc(C)c2S(=O)(=O)N2CCCC(C(=O)N(C)Cc3ccccc3)C2)c1. The lowest BCUT2D eigenvalue weighted by Gasteiger charge is -2.33. The first-order valence-electron chi connectivity index (χ1n) is 12.2. The molecule has 190 valence electrons. The Bertz CT molecular complexity index is 1360. The monoisotopic (exact) mass is 507 g/mol. The Morgan fingerprint density at radius 1 is 1.14 bits per heavy atom. The van der Waals surface area contributed by atoms with Crippen molar-refractivity contribution in [2.45, 2.75) is 45.1 Å². The number of nitrogens with zero attached hydrogens (tertiary/aromatic N) is 3. The molecule has 1 atom stereocenters. The van der Waals surface area contributed by atoms with Gasteiger partial charge in [-0.25, -0.2) is 8.42 Å². The first kappa shape index (κ1) is 25.9. The Balaban J connectivity index is 1.53. The van der Waals surface area contributed by atoms with Crippen LogP contribution in [0, 0.1) is 26.7 Å². The van der Waals surface area contributed by atoms with Crippen molar-refractivity contribution >= 4 is 28.1 Å². The van der Waals surface area contributed by atoms with Crippen LogP contribution >= 0.6 is 0 Å². The van der Waals surface area contributed by atoms with E-state index in [9.17, 15) is 13.2 Å². The molecule has 36 heavy (non-hydrogen) atoms. The van der Waals surface area contributed by atoms with Crippen LogP contribution in [-0.2, 0) is 21.4 Å². The van der Waals surface area contributed by atoms with Gasteiger partial charge in [-0.15, -0.1) is 0 Å². The molecule has 1 saturated heterocycles. The highest BCUT2D eigenvalue weighted by Gasteiger charge is 2.37. The maximum absolute atomic E-state index is 13.7. The molecule has 8 heteroatoms. The van der Waals surface area contributed by atoms with Gasteiger partial charge in [-0.3, -0.25) is 4.79 Å². The fourth-order valence-electron chi connectivity index (χ4n) is 4.64. The van der Waals surface area contributed by atoms with Crippen LogP contribution in [0.4, 0.5) is 0 Å². The second-order valence-corrected chi connectivity index (χ2v) is 11.4. The van der Waals surface area contributed by atoms with Gasteiger partial charge in [0.05, 0.1) is 5.92 Å². The average molecular weight is 508 g/mol. The summed E-state index contributed by atoms with van der Waals surface area (Å²) in [5.41, 5.74) is 4.52. The molecule has 1 aromatic heterocycles. The summed E-state index contributed by atoms with van der Waals surface area (Å²) in [4.78, 5) is 14.9. The van der Waals surface area contributed by atoms with Crippen molar-refractivity contribution in [2.24, 2.45) is 5.92 Å². The fourth-order valence-corrected chi connectivity index (χ4v) is 6.42. The molecule has 0 N–H and O–H groups in total. The molecule has 0 aliphatic carbocycles. The van der Waals surface area contributed by atoms with Crippen LogP contribution in [-0.4, -0.2) is 48.8 Å². The summed E-state index contributed by atoms with van der Waals surface area (Å²) >= 11 is 0. The van der Waals surface area contributed by atoms with Crippen molar-refractivity contribution in [2.75, 3.05) is 20.1 Å². The molecular formula is C28H33N3O4S. The van der Waals surface area contributed by atoms with Gasteiger partial charge in [0.25, 0.3) is 0 Å². The van der Waals surface area contributed by atoms with E-state index >= 15 is 0 Å². The number of amides is 1.